The first-order chi connectivity index (χ1) is 8.24. The van der Waals surface area contributed by atoms with E-state index in [4.69, 9.17) is 0 Å². The molecule has 94 valence electrons. The van der Waals surface area contributed by atoms with Crippen LogP contribution >= 0.6 is 15.9 Å². The predicted molar refractivity (Wildman–Crippen MR) is 73.1 cm³/mol. The Hall–Kier alpha value is -0.680. The molecule has 0 aliphatic carbocycles. The lowest BCUT2D eigenvalue weighted by Gasteiger charge is -2.30. The molecule has 0 aromatic carbocycles. The van der Waals surface area contributed by atoms with Crippen molar-refractivity contribution in [3.63, 3.8) is 0 Å². The van der Waals surface area contributed by atoms with Crippen LogP contribution in [-0.4, -0.2) is 41.0 Å². The topological polar surface area (TPSA) is 41.0 Å². The second-order valence-corrected chi connectivity index (χ2v) is 5.59. The van der Waals surface area contributed by atoms with Crippen molar-refractivity contribution in [3.8, 4) is 0 Å². The summed E-state index contributed by atoms with van der Waals surface area (Å²) in [4.78, 5) is 10.9. The number of aromatic nitrogens is 2. The highest BCUT2D eigenvalue weighted by Gasteiger charge is 2.14. The minimum Gasteiger partial charge on any atom is -0.353 e. The zero-order valence-electron chi connectivity index (χ0n) is 10.2. The smallest absolute Gasteiger partial charge is 0.222 e. The zero-order valence-corrected chi connectivity index (χ0v) is 11.8. The standard InChI is InChI=1S/C12H19BrN4/c1-10-2-5-17(6-3-10)7-4-14-12-15-8-11(13)9-16-12/h8-10H,2-7H2,1H3,(H,14,15,16). The van der Waals surface area contributed by atoms with Crippen molar-refractivity contribution in [2.45, 2.75) is 19.8 Å². The first-order valence-corrected chi connectivity index (χ1v) is 6.97. The molecule has 1 fully saturated rings. The summed E-state index contributed by atoms with van der Waals surface area (Å²) in [5, 5.41) is 3.25. The molecule has 1 aromatic heterocycles. The van der Waals surface area contributed by atoms with Crippen molar-refractivity contribution in [3.05, 3.63) is 16.9 Å². The lowest BCUT2D eigenvalue weighted by molar-refractivity contribution is 0.199. The number of hydrogen-bond acceptors (Lipinski definition) is 4. The molecule has 4 nitrogen and oxygen atoms in total. The first kappa shape index (κ1) is 12.8. The van der Waals surface area contributed by atoms with Crippen LogP contribution in [0.15, 0.2) is 16.9 Å². The highest BCUT2D eigenvalue weighted by Crippen LogP contribution is 2.15. The molecule has 0 bridgehead atoms. The van der Waals surface area contributed by atoms with E-state index in [1.807, 2.05) is 0 Å². The molecule has 17 heavy (non-hydrogen) atoms. The average molecular weight is 299 g/mol. The van der Waals surface area contributed by atoms with E-state index < -0.39 is 0 Å². The summed E-state index contributed by atoms with van der Waals surface area (Å²) in [5.74, 6) is 1.60. The van der Waals surface area contributed by atoms with Crippen LogP contribution in [0.3, 0.4) is 0 Å². The van der Waals surface area contributed by atoms with Crippen molar-refractivity contribution in [1.82, 2.24) is 14.9 Å². The monoisotopic (exact) mass is 298 g/mol. The van der Waals surface area contributed by atoms with Gasteiger partial charge < -0.3 is 10.2 Å². The molecule has 5 heteroatoms. The number of nitrogens with one attached hydrogen (secondary N) is 1. The number of hydrogen-bond donors (Lipinski definition) is 1. The van der Waals surface area contributed by atoms with E-state index in [1.165, 1.54) is 25.9 Å². The van der Waals surface area contributed by atoms with Gasteiger partial charge in [0.25, 0.3) is 0 Å². The first-order valence-electron chi connectivity index (χ1n) is 6.18. The van der Waals surface area contributed by atoms with Gasteiger partial charge in [0, 0.05) is 25.5 Å². The van der Waals surface area contributed by atoms with E-state index in [2.05, 4.69) is 43.0 Å². The largest absolute Gasteiger partial charge is 0.353 e. The van der Waals surface area contributed by atoms with Gasteiger partial charge in [-0.2, -0.15) is 0 Å². The fraction of sp³-hybridized carbons (Fsp3) is 0.667. The summed E-state index contributed by atoms with van der Waals surface area (Å²) in [6.07, 6.45) is 6.18. The van der Waals surface area contributed by atoms with Gasteiger partial charge in [0.2, 0.25) is 5.95 Å². The summed E-state index contributed by atoms with van der Waals surface area (Å²) in [6, 6.07) is 0. The maximum absolute atomic E-state index is 4.19. The second kappa shape index (κ2) is 6.31. The van der Waals surface area contributed by atoms with Gasteiger partial charge in [-0.1, -0.05) is 6.92 Å². The molecule has 1 aromatic rings. The molecule has 1 aliphatic rings. The van der Waals surface area contributed by atoms with Crippen molar-refractivity contribution in [1.29, 1.82) is 0 Å². The molecule has 0 atom stereocenters. The Morgan fingerprint density at radius 3 is 2.65 bits per heavy atom. The molecule has 1 saturated heterocycles. The summed E-state index contributed by atoms with van der Waals surface area (Å²) in [7, 11) is 0. The van der Waals surface area contributed by atoms with Crippen molar-refractivity contribution >= 4 is 21.9 Å². The number of likely N-dealkylation sites (tertiary alicyclic amines) is 1. The number of nitrogens with zero attached hydrogens (tertiary/aromatic N) is 3. The normalized spacial score (nSPS) is 18.2. The van der Waals surface area contributed by atoms with E-state index in [-0.39, 0.29) is 0 Å². The molecular formula is C12H19BrN4. The molecule has 0 radical (unpaired) electrons. The molecule has 0 unspecified atom stereocenters. The van der Waals surface area contributed by atoms with Crippen LogP contribution in [0, 0.1) is 5.92 Å². The summed E-state index contributed by atoms with van der Waals surface area (Å²) >= 11 is 3.32. The van der Waals surface area contributed by atoms with Gasteiger partial charge >= 0.3 is 0 Å². The Kier molecular flexibility index (Phi) is 4.74. The highest BCUT2D eigenvalue weighted by molar-refractivity contribution is 9.10. The Bertz CT molecular complexity index is 333. The Morgan fingerprint density at radius 1 is 1.35 bits per heavy atom. The van der Waals surface area contributed by atoms with Gasteiger partial charge in [-0.05, 0) is 47.8 Å². The van der Waals surface area contributed by atoms with Gasteiger partial charge in [0.15, 0.2) is 0 Å². The minimum absolute atomic E-state index is 0.707. The SMILES string of the molecule is CC1CCN(CCNc2ncc(Br)cn2)CC1. The number of halogens is 1. The fourth-order valence-corrected chi connectivity index (χ4v) is 2.22. The van der Waals surface area contributed by atoms with Crippen LogP contribution in [0.5, 0.6) is 0 Å². The molecule has 1 N–H and O–H groups in total. The van der Waals surface area contributed by atoms with Crippen LogP contribution in [0.25, 0.3) is 0 Å². The second-order valence-electron chi connectivity index (χ2n) is 4.68. The quantitative estimate of drug-likeness (QED) is 0.927. The van der Waals surface area contributed by atoms with Crippen molar-refractivity contribution in [2.75, 3.05) is 31.5 Å². The van der Waals surface area contributed by atoms with E-state index in [9.17, 15) is 0 Å². The van der Waals surface area contributed by atoms with E-state index in [0.29, 0.717) is 5.95 Å². The fourth-order valence-electron chi connectivity index (χ4n) is 2.02. The summed E-state index contributed by atoms with van der Waals surface area (Å²) in [6.45, 7) is 6.78. The van der Waals surface area contributed by atoms with E-state index in [1.54, 1.807) is 12.4 Å². The van der Waals surface area contributed by atoms with Gasteiger partial charge in [-0.25, -0.2) is 9.97 Å². The zero-order chi connectivity index (χ0) is 12.1. The Morgan fingerprint density at radius 2 is 2.00 bits per heavy atom. The molecule has 2 rings (SSSR count). The third kappa shape index (κ3) is 4.24. The number of anilines is 1. The third-order valence-electron chi connectivity index (χ3n) is 3.21. The Labute approximate surface area is 111 Å². The van der Waals surface area contributed by atoms with Crippen LogP contribution in [0.1, 0.15) is 19.8 Å². The minimum atomic E-state index is 0.707. The Balaban J connectivity index is 1.67. The van der Waals surface area contributed by atoms with Gasteiger partial charge in [0.1, 0.15) is 0 Å². The van der Waals surface area contributed by atoms with Gasteiger partial charge in [-0.3, -0.25) is 0 Å². The van der Waals surface area contributed by atoms with Gasteiger partial charge in [-0.15, -0.1) is 0 Å². The maximum Gasteiger partial charge on any atom is 0.222 e. The number of piperidine rings is 1. The number of rotatable bonds is 4. The maximum atomic E-state index is 4.19. The van der Waals surface area contributed by atoms with Crippen LogP contribution in [0.4, 0.5) is 5.95 Å². The average Bonchev–Trinajstić information content (AvgIpc) is 2.34. The van der Waals surface area contributed by atoms with Crippen molar-refractivity contribution in [2.24, 2.45) is 5.92 Å². The van der Waals surface area contributed by atoms with Crippen LogP contribution in [-0.2, 0) is 0 Å². The lowest BCUT2D eigenvalue weighted by atomic mass is 9.99. The highest BCUT2D eigenvalue weighted by atomic mass is 79.9. The summed E-state index contributed by atoms with van der Waals surface area (Å²) in [5.41, 5.74) is 0. The van der Waals surface area contributed by atoms with Gasteiger partial charge in [0.05, 0.1) is 4.47 Å². The molecule has 2 heterocycles. The lowest BCUT2D eigenvalue weighted by Crippen LogP contribution is -2.36. The van der Waals surface area contributed by atoms with E-state index in [0.717, 1.165) is 23.5 Å². The molecular weight excluding hydrogens is 280 g/mol. The molecule has 0 saturated carbocycles. The van der Waals surface area contributed by atoms with E-state index >= 15 is 0 Å². The molecule has 1 aliphatic heterocycles. The molecule has 0 amide bonds. The molecule has 0 spiro atoms. The predicted octanol–water partition coefficient (Wildman–Crippen LogP) is 2.38. The summed E-state index contributed by atoms with van der Waals surface area (Å²) < 4.78 is 0.910. The third-order valence-corrected chi connectivity index (χ3v) is 3.62. The van der Waals surface area contributed by atoms with Crippen LogP contribution < -0.4 is 5.32 Å². The van der Waals surface area contributed by atoms with Crippen LogP contribution in [0.2, 0.25) is 0 Å². The van der Waals surface area contributed by atoms with Crippen molar-refractivity contribution < 1.29 is 0 Å².